The summed E-state index contributed by atoms with van der Waals surface area (Å²) in [4.78, 5) is 14.5. The predicted molar refractivity (Wildman–Crippen MR) is 84.0 cm³/mol. The van der Waals surface area contributed by atoms with Crippen LogP contribution in [0, 0.1) is 18.8 Å². The zero-order valence-corrected chi connectivity index (χ0v) is 12.8. The molecule has 21 heavy (non-hydrogen) atoms. The molecule has 3 heterocycles. The van der Waals surface area contributed by atoms with Crippen LogP contribution in [0.3, 0.4) is 0 Å². The second kappa shape index (κ2) is 5.35. The number of hydrogen-bond donors (Lipinski definition) is 1. The molecule has 4 nitrogen and oxygen atoms in total. The Labute approximate surface area is 129 Å². The first kappa shape index (κ1) is 14.4. The van der Waals surface area contributed by atoms with E-state index in [1.807, 2.05) is 30.0 Å². The van der Waals surface area contributed by atoms with Crippen molar-refractivity contribution in [1.29, 1.82) is 0 Å². The molecule has 0 unspecified atom stereocenters. The van der Waals surface area contributed by atoms with E-state index in [1.165, 1.54) is 5.56 Å². The lowest BCUT2D eigenvalue weighted by molar-refractivity contribution is 0.0752. The number of hydrogen-bond acceptors (Lipinski definition) is 3. The molecule has 0 bridgehead atoms. The smallest absolute Gasteiger partial charge is 0.289 e. The lowest BCUT2D eigenvalue weighted by Crippen LogP contribution is -2.31. The van der Waals surface area contributed by atoms with Crippen molar-refractivity contribution in [2.24, 2.45) is 11.8 Å². The predicted octanol–water partition coefficient (Wildman–Crippen LogP) is 2.45. The minimum absolute atomic E-state index is 0. The summed E-state index contributed by atoms with van der Waals surface area (Å²) in [5, 5.41) is 4.40. The maximum atomic E-state index is 12.5. The molecule has 1 aromatic carbocycles. The number of carbonyl (C=O) groups excluding carboxylic acids is 1. The average Bonchev–Trinajstić information content (AvgIpc) is 3.10. The summed E-state index contributed by atoms with van der Waals surface area (Å²) in [7, 11) is 0. The number of aryl methyl sites for hydroxylation is 1. The van der Waals surface area contributed by atoms with Crippen LogP contribution in [-0.2, 0) is 0 Å². The zero-order valence-electron chi connectivity index (χ0n) is 12.0. The molecular formula is C16H19ClN2O2. The van der Waals surface area contributed by atoms with Gasteiger partial charge in [0, 0.05) is 31.6 Å². The Balaban J connectivity index is 0.00000132. The molecule has 2 fully saturated rings. The summed E-state index contributed by atoms with van der Waals surface area (Å²) in [5.74, 6) is 1.74. The van der Waals surface area contributed by atoms with Gasteiger partial charge in [0.05, 0.1) is 0 Å². The maximum Gasteiger partial charge on any atom is 0.289 e. The first-order valence-electron chi connectivity index (χ1n) is 7.21. The van der Waals surface area contributed by atoms with Gasteiger partial charge < -0.3 is 14.6 Å². The number of furan rings is 1. The molecule has 2 aliphatic heterocycles. The second-order valence-electron chi connectivity index (χ2n) is 6.04. The van der Waals surface area contributed by atoms with Gasteiger partial charge in [0.1, 0.15) is 5.58 Å². The minimum atomic E-state index is 0. The van der Waals surface area contributed by atoms with Gasteiger partial charge in [0.15, 0.2) is 5.76 Å². The van der Waals surface area contributed by atoms with Crippen LogP contribution in [0.5, 0.6) is 0 Å². The van der Waals surface area contributed by atoms with Crippen molar-refractivity contribution in [3.63, 3.8) is 0 Å². The van der Waals surface area contributed by atoms with Gasteiger partial charge in [-0.25, -0.2) is 0 Å². The van der Waals surface area contributed by atoms with Gasteiger partial charge in [0.25, 0.3) is 5.91 Å². The van der Waals surface area contributed by atoms with Gasteiger partial charge in [-0.2, -0.15) is 0 Å². The van der Waals surface area contributed by atoms with Gasteiger partial charge in [-0.3, -0.25) is 4.79 Å². The Bertz CT molecular complexity index is 670. The summed E-state index contributed by atoms with van der Waals surface area (Å²) < 4.78 is 5.71. The van der Waals surface area contributed by atoms with Crippen LogP contribution < -0.4 is 5.32 Å². The van der Waals surface area contributed by atoms with Crippen molar-refractivity contribution in [2.45, 2.75) is 6.92 Å². The molecule has 2 atom stereocenters. The van der Waals surface area contributed by atoms with E-state index in [-0.39, 0.29) is 18.3 Å². The molecule has 0 spiro atoms. The molecule has 0 radical (unpaired) electrons. The first-order valence-corrected chi connectivity index (χ1v) is 7.21. The quantitative estimate of drug-likeness (QED) is 0.880. The van der Waals surface area contributed by atoms with E-state index in [9.17, 15) is 4.79 Å². The number of likely N-dealkylation sites (tertiary alicyclic amines) is 1. The van der Waals surface area contributed by atoms with Gasteiger partial charge in [-0.15, -0.1) is 12.4 Å². The lowest BCUT2D eigenvalue weighted by atomic mass is 10.0. The van der Waals surface area contributed by atoms with Gasteiger partial charge in [-0.05, 0) is 37.0 Å². The van der Waals surface area contributed by atoms with Crippen molar-refractivity contribution in [2.75, 3.05) is 26.2 Å². The number of carbonyl (C=O) groups is 1. The van der Waals surface area contributed by atoms with Crippen molar-refractivity contribution < 1.29 is 9.21 Å². The van der Waals surface area contributed by atoms with Crippen LogP contribution in [0.1, 0.15) is 16.1 Å². The standard InChI is InChI=1S/C16H18N2O2.ClH/c1-10-2-3-14-11(4-10)5-15(20-14)16(19)18-8-12-6-17-7-13(12)9-18;/h2-5,12-13,17H,6-9H2,1H3;1H/t12-,13+;. The van der Waals surface area contributed by atoms with Crippen LogP contribution in [0.25, 0.3) is 11.0 Å². The molecule has 1 aromatic heterocycles. The molecule has 4 rings (SSSR count). The number of fused-ring (bicyclic) bond motifs is 2. The van der Waals surface area contributed by atoms with E-state index in [0.717, 1.165) is 37.1 Å². The summed E-state index contributed by atoms with van der Waals surface area (Å²) in [5.41, 5.74) is 1.97. The number of nitrogens with one attached hydrogen (secondary N) is 1. The van der Waals surface area contributed by atoms with E-state index in [4.69, 9.17) is 4.42 Å². The highest BCUT2D eigenvalue weighted by Gasteiger charge is 2.38. The molecule has 1 N–H and O–H groups in total. The normalized spacial score (nSPS) is 24.1. The van der Waals surface area contributed by atoms with Crippen LogP contribution in [0.2, 0.25) is 0 Å². The number of benzene rings is 1. The Hall–Kier alpha value is -1.52. The van der Waals surface area contributed by atoms with Crippen molar-refractivity contribution in [1.82, 2.24) is 10.2 Å². The fraction of sp³-hybridized carbons (Fsp3) is 0.438. The summed E-state index contributed by atoms with van der Waals surface area (Å²) in [6.07, 6.45) is 0. The third-order valence-corrected chi connectivity index (χ3v) is 4.56. The Kier molecular flexibility index (Phi) is 3.68. The summed E-state index contributed by atoms with van der Waals surface area (Å²) in [6.45, 7) is 5.82. The highest BCUT2D eigenvalue weighted by Crippen LogP contribution is 2.29. The zero-order chi connectivity index (χ0) is 13.7. The van der Waals surface area contributed by atoms with Gasteiger partial charge in [0.2, 0.25) is 0 Å². The second-order valence-corrected chi connectivity index (χ2v) is 6.04. The first-order chi connectivity index (χ1) is 9.70. The number of halogens is 1. The number of amides is 1. The van der Waals surface area contributed by atoms with E-state index in [0.29, 0.717) is 17.6 Å². The molecule has 1 amide bonds. The molecule has 0 aliphatic carbocycles. The van der Waals surface area contributed by atoms with Crippen molar-refractivity contribution in [3.05, 3.63) is 35.6 Å². The molecule has 2 saturated heterocycles. The highest BCUT2D eigenvalue weighted by molar-refractivity contribution is 5.96. The third-order valence-electron chi connectivity index (χ3n) is 4.56. The van der Waals surface area contributed by atoms with Crippen molar-refractivity contribution >= 4 is 29.3 Å². The Morgan fingerprint density at radius 3 is 2.67 bits per heavy atom. The highest BCUT2D eigenvalue weighted by atomic mass is 35.5. The fourth-order valence-corrected chi connectivity index (χ4v) is 3.45. The van der Waals surface area contributed by atoms with Crippen LogP contribution in [-0.4, -0.2) is 37.0 Å². The molecule has 2 aromatic rings. The van der Waals surface area contributed by atoms with E-state index in [2.05, 4.69) is 11.4 Å². The van der Waals surface area contributed by atoms with E-state index < -0.39 is 0 Å². The van der Waals surface area contributed by atoms with Gasteiger partial charge in [-0.1, -0.05) is 11.6 Å². The average molecular weight is 307 g/mol. The topological polar surface area (TPSA) is 45.5 Å². The van der Waals surface area contributed by atoms with Crippen LogP contribution >= 0.6 is 12.4 Å². The largest absolute Gasteiger partial charge is 0.451 e. The van der Waals surface area contributed by atoms with Crippen molar-refractivity contribution in [3.8, 4) is 0 Å². The molecule has 2 aliphatic rings. The summed E-state index contributed by atoms with van der Waals surface area (Å²) >= 11 is 0. The molecule has 112 valence electrons. The Morgan fingerprint density at radius 1 is 1.24 bits per heavy atom. The fourth-order valence-electron chi connectivity index (χ4n) is 3.45. The number of nitrogens with zero attached hydrogens (tertiary/aromatic N) is 1. The molecule has 5 heteroatoms. The van der Waals surface area contributed by atoms with Crippen LogP contribution in [0.4, 0.5) is 0 Å². The third kappa shape index (κ3) is 2.43. The molecule has 0 saturated carbocycles. The van der Waals surface area contributed by atoms with Crippen LogP contribution in [0.15, 0.2) is 28.7 Å². The molecular weight excluding hydrogens is 288 g/mol. The van der Waals surface area contributed by atoms with E-state index >= 15 is 0 Å². The summed E-state index contributed by atoms with van der Waals surface area (Å²) in [6, 6.07) is 7.87. The lowest BCUT2D eigenvalue weighted by Gasteiger charge is -2.15. The van der Waals surface area contributed by atoms with E-state index in [1.54, 1.807) is 0 Å². The number of rotatable bonds is 1. The maximum absolute atomic E-state index is 12.5. The Morgan fingerprint density at radius 2 is 1.95 bits per heavy atom. The SMILES string of the molecule is Cc1ccc2oc(C(=O)N3C[C@H]4CNC[C@H]4C3)cc2c1.Cl. The minimum Gasteiger partial charge on any atom is -0.451 e. The van der Waals surface area contributed by atoms with Gasteiger partial charge >= 0.3 is 0 Å². The monoisotopic (exact) mass is 306 g/mol.